The lowest BCUT2D eigenvalue weighted by atomic mass is 10.1. The van der Waals surface area contributed by atoms with Crippen molar-refractivity contribution in [3.05, 3.63) is 45.8 Å². The van der Waals surface area contributed by atoms with Gasteiger partial charge in [0.15, 0.2) is 0 Å². The molecule has 0 aliphatic carbocycles. The van der Waals surface area contributed by atoms with Gasteiger partial charge in [0.25, 0.3) is 15.9 Å². The second-order valence-electron chi connectivity index (χ2n) is 5.91. The second-order valence-corrected chi connectivity index (χ2v) is 9.80. The van der Waals surface area contributed by atoms with Gasteiger partial charge in [0.1, 0.15) is 9.96 Å². The molecule has 0 bridgehead atoms. The van der Waals surface area contributed by atoms with Gasteiger partial charge in [0.05, 0.1) is 12.7 Å². The van der Waals surface area contributed by atoms with E-state index < -0.39 is 10.0 Å². The molecular formula is C17H19ClN2O4S2. The van der Waals surface area contributed by atoms with E-state index in [9.17, 15) is 13.2 Å². The maximum Gasteiger partial charge on any atom is 0.257 e. The molecule has 1 aliphatic rings. The summed E-state index contributed by atoms with van der Waals surface area (Å²) in [7, 11) is -2.01. The topological polar surface area (TPSA) is 66.9 Å². The van der Waals surface area contributed by atoms with E-state index in [2.05, 4.69) is 0 Å². The predicted octanol–water partition coefficient (Wildman–Crippen LogP) is 2.87. The number of ether oxygens (including phenoxy) is 1. The lowest BCUT2D eigenvalue weighted by molar-refractivity contribution is 0.0694. The molecule has 2 aromatic rings. The van der Waals surface area contributed by atoms with Crippen molar-refractivity contribution in [2.75, 3.05) is 33.3 Å². The van der Waals surface area contributed by atoms with Gasteiger partial charge in [-0.25, -0.2) is 8.42 Å². The number of rotatable bonds is 4. The van der Waals surface area contributed by atoms with E-state index in [4.69, 9.17) is 16.3 Å². The van der Waals surface area contributed by atoms with Gasteiger partial charge in [-0.15, -0.1) is 11.3 Å². The number of aryl methyl sites for hydroxylation is 1. The van der Waals surface area contributed by atoms with Gasteiger partial charge in [-0.1, -0.05) is 11.6 Å². The van der Waals surface area contributed by atoms with Crippen LogP contribution in [0.3, 0.4) is 0 Å². The molecule has 1 fully saturated rings. The van der Waals surface area contributed by atoms with Crippen LogP contribution < -0.4 is 4.74 Å². The summed E-state index contributed by atoms with van der Waals surface area (Å²) < 4.78 is 32.4. The van der Waals surface area contributed by atoms with E-state index in [1.165, 1.54) is 22.8 Å². The van der Waals surface area contributed by atoms with Gasteiger partial charge in [0, 0.05) is 36.1 Å². The first kappa shape index (κ1) is 19.2. The van der Waals surface area contributed by atoms with E-state index >= 15 is 0 Å². The number of sulfonamides is 1. The Hall–Kier alpha value is -1.61. The van der Waals surface area contributed by atoms with Crippen LogP contribution >= 0.6 is 22.9 Å². The largest absolute Gasteiger partial charge is 0.496 e. The standard InChI is InChI=1S/C17H19ClN2O4S2/c1-12-3-6-16(25-12)26(22,23)20-9-7-19(8-10-20)17(21)14-11-13(18)4-5-15(14)24-2/h3-6,11H,7-10H2,1-2H3. The van der Waals surface area contributed by atoms with Gasteiger partial charge >= 0.3 is 0 Å². The highest BCUT2D eigenvalue weighted by Crippen LogP contribution is 2.27. The SMILES string of the molecule is COc1ccc(Cl)cc1C(=O)N1CCN(S(=O)(=O)c2ccc(C)s2)CC1. The van der Waals surface area contributed by atoms with E-state index in [1.54, 1.807) is 35.2 Å². The number of carbonyl (C=O) groups excluding carboxylic acids is 1. The van der Waals surface area contributed by atoms with Gasteiger partial charge in [-0.2, -0.15) is 4.31 Å². The number of piperazine rings is 1. The molecule has 0 unspecified atom stereocenters. The second kappa shape index (κ2) is 7.56. The van der Waals surface area contributed by atoms with Crippen LogP contribution in [0.1, 0.15) is 15.2 Å². The van der Waals surface area contributed by atoms with Crippen LogP contribution in [-0.4, -0.2) is 56.8 Å². The molecule has 1 saturated heterocycles. The van der Waals surface area contributed by atoms with Crippen LogP contribution in [0.5, 0.6) is 5.75 Å². The van der Waals surface area contributed by atoms with Crippen molar-refractivity contribution >= 4 is 38.9 Å². The number of benzene rings is 1. The summed E-state index contributed by atoms with van der Waals surface area (Å²) in [6.45, 7) is 3.02. The minimum Gasteiger partial charge on any atom is -0.496 e. The summed E-state index contributed by atoms with van der Waals surface area (Å²) in [6.07, 6.45) is 0. The molecule has 2 heterocycles. The normalized spacial score (nSPS) is 15.9. The first-order chi connectivity index (χ1) is 12.3. The number of thiophene rings is 1. The maximum absolute atomic E-state index is 12.8. The number of nitrogens with zero attached hydrogens (tertiary/aromatic N) is 2. The van der Waals surface area contributed by atoms with Crippen LogP contribution in [0.4, 0.5) is 0 Å². The summed E-state index contributed by atoms with van der Waals surface area (Å²) in [5.74, 6) is 0.233. The van der Waals surface area contributed by atoms with Crippen molar-refractivity contribution in [1.29, 1.82) is 0 Å². The van der Waals surface area contributed by atoms with Crippen molar-refractivity contribution in [3.8, 4) is 5.75 Å². The fourth-order valence-electron chi connectivity index (χ4n) is 2.83. The highest BCUT2D eigenvalue weighted by Gasteiger charge is 2.32. The molecule has 1 aliphatic heterocycles. The highest BCUT2D eigenvalue weighted by atomic mass is 35.5. The van der Waals surface area contributed by atoms with E-state index in [1.807, 2.05) is 6.92 Å². The van der Waals surface area contributed by atoms with Crippen molar-refractivity contribution in [2.45, 2.75) is 11.1 Å². The number of methoxy groups -OCH3 is 1. The first-order valence-corrected chi connectivity index (χ1v) is 10.7. The molecule has 0 N–H and O–H groups in total. The summed E-state index contributed by atoms with van der Waals surface area (Å²) >= 11 is 7.25. The molecule has 0 saturated carbocycles. The zero-order chi connectivity index (χ0) is 18.9. The molecule has 1 aromatic carbocycles. The van der Waals surface area contributed by atoms with Crippen LogP contribution in [0.15, 0.2) is 34.5 Å². The molecule has 1 aromatic heterocycles. The molecule has 26 heavy (non-hydrogen) atoms. The Morgan fingerprint density at radius 3 is 2.42 bits per heavy atom. The molecule has 140 valence electrons. The minimum atomic E-state index is -3.51. The summed E-state index contributed by atoms with van der Waals surface area (Å²) in [5.41, 5.74) is 0.380. The first-order valence-electron chi connectivity index (χ1n) is 8.02. The fourth-order valence-corrected chi connectivity index (χ4v) is 5.86. The number of amides is 1. The quantitative estimate of drug-likeness (QED) is 0.771. The van der Waals surface area contributed by atoms with Gasteiger partial charge in [0.2, 0.25) is 0 Å². The molecule has 0 atom stereocenters. The minimum absolute atomic E-state index is 0.214. The van der Waals surface area contributed by atoms with Gasteiger partial charge in [-0.3, -0.25) is 4.79 Å². The Morgan fingerprint density at radius 2 is 1.85 bits per heavy atom. The number of halogens is 1. The Bertz CT molecular complexity index is 919. The number of hydrogen-bond acceptors (Lipinski definition) is 5. The Kier molecular flexibility index (Phi) is 5.57. The molecule has 0 radical (unpaired) electrons. The highest BCUT2D eigenvalue weighted by molar-refractivity contribution is 7.91. The number of hydrogen-bond donors (Lipinski definition) is 0. The zero-order valence-corrected chi connectivity index (χ0v) is 16.8. The van der Waals surface area contributed by atoms with Crippen molar-refractivity contribution < 1.29 is 17.9 Å². The van der Waals surface area contributed by atoms with E-state index in [0.29, 0.717) is 33.6 Å². The fraction of sp³-hybridized carbons (Fsp3) is 0.353. The molecular weight excluding hydrogens is 396 g/mol. The van der Waals surface area contributed by atoms with Gasteiger partial charge in [-0.05, 0) is 37.3 Å². The Morgan fingerprint density at radius 1 is 1.15 bits per heavy atom. The molecule has 6 nitrogen and oxygen atoms in total. The van der Waals surface area contributed by atoms with Crippen LogP contribution in [-0.2, 0) is 10.0 Å². The average Bonchev–Trinajstić information content (AvgIpc) is 3.08. The maximum atomic E-state index is 12.8. The van der Waals surface area contributed by atoms with Crippen LogP contribution in [0.25, 0.3) is 0 Å². The Labute approximate surface area is 162 Å². The summed E-state index contributed by atoms with van der Waals surface area (Å²) in [5, 5.41) is 0.448. The lowest BCUT2D eigenvalue weighted by Crippen LogP contribution is -2.50. The van der Waals surface area contributed by atoms with Crippen molar-refractivity contribution in [3.63, 3.8) is 0 Å². The molecule has 3 rings (SSSR count). The smallest absolute Gasteiger partial charge is 0.257 e. The Balaban J connectivity index is 1.73. The van der Waals surface area contributed by atoms with E-state index in [-0.39, 0.29) is 19.0 Å². The van der Waals surface area contributed by atoms with Crippen molar-refractivity contribution in [1.82, 2.24) is 9.21 Å². The third-order valence-corrected chi connectivity index (χ3v) is 7.83. The third kappa shape index (κ3) is 3.73. The lowest BCUT2D eigenvalue weighted by Gasteiger charge is -2.34. The monoisotopic (exact) mass is 414 g/mol. The summed E-state index contributed by atoms with van der Waals surface area (Å²) in [4.78, 5) is 15.4. The van der Waals surface area contributed by atoms with Crippen LogP contribution in [0.2, 0.25) is 5.02 Å². The van der Waals surface area contributed by atoms with Gasteiger partial charge < -0.3 is 9.64 Å². The molecule has 9 heteroatoms. The van der Waals surface area contributed by atoms with Crippen LogP contribution in [0, 0.1) is 6.92 Å². The summed E-state index contributed by atoms with van der Waals surface area (Å²) in [6, 6.07) is 8.30. The number of carbonyl (C=O) groups is 1. The molecule has 1 amide bonds. The van der Waals surface area contributed by atoms with Crippen molar-refractivity contribution in [2.24, 2.45) is 0 Å². The average molecular weight is 415 g/mol. The molecule has 0 spiro atoms. The third-order valence-electron chi connectivity index (χ3n) is 4.23. The zero-order valence-electron chi connectivity index (χ0n) is 14.4. The predicted molar refractivity (Wildman–Crippen MR) is 102 cm³/mol. The van der Waals surface area contributed by atoms with E-state index in [0.717, 1.165) is 4.88 Å².